The molecule has 1 atom stereocenters. The number of nitrogens with zero attached hydrogens (tertiary/aromatic N) is 2. The van der Waals surface area contributed by atoms with E-state index in [1.54, 1.807) is 42.5 Å². The van der Waals surface area contributed by atoms with Gasteiger partial charge in [-0.05, 0) is 43.7 Å². The van der Waals surface area contributed by atoms with E-state index in [0.29, 0.717) is 23.7 Å². The minimum absolute atomic E-state index is 0.0346. The van der Waals surface area contributed by atoms with Crippen molar-refractivity contribution in [2.24, 2.45) is 4.40 Å². The Morgan fingerprint density at radius 2 is 1.88 bits per heavy atom. The summed E-state index contributed by atoms with van der Waals surface area (Å²) in [7, 11) is -3.83. The van der Waals surface area contributed by atoms with Crippen molar-refractivity contribution < 1.29 is 27.6 Å². The van der Waals surface area contributed by atoms with Crippen LogP contribution in [0.3, 0.4) is 0 Å². The van der Waals surface area contributed by atoms with Gasteiger partial charge in [0.25, 0.3) is 10.0 Å². The van der Waals surface area contributed by atoms with E-state index in [0.717, 1.165) is 16.8 Å². The number of amidine groups is 1. The fraction of sp³-hybridized carbons (Fsp3) is 0.227. The van der Waals surface area contributed by atoms with E-state index in [-0.39, 0.29) is 17.2 Å². The van der Waals surface area contributed by atoms with Crippen LogP contribution in [-0.2, 0) is 27.8 Å². The van der Waals surface area contributed by atoms with Gasteiger partial charge in [0, 0.05) is 12.0 Å². The fourth-order valence-corrected chi connectivity index (χ4v) is 4.58. The third-order valence-corrected chi connectivity index (χ3v) is 6.50. The Morgan fingerprint density at radius 1 is 1.16 bits per heavy atom. The molecule has 1 aliphatic heterocycles. The zero-order valence-electron chi connectivity index (χ0n) is 17.4. The number of ether oxygens (including phenoxy) is 1. The standard InChI is InChI=1S/C22H21N3O6S/c1-13-18(14(2)31-24-13)12-30-16-9-7-15(8-10-16)11-19(22(26)27)23-21-17-5-3-4-6-20(17)32(28,29)25-21/h3-10,19H,11-12H2,1-2H3,(H,23,25)(H,26,27)/t19-/m0/s1. The molecule has 1 aromatic heterocycles. The van der Waals surface area contributed by atoms with Crippen molar-refractivity contribution in [3.05, 3.63) is 76.7 Å². The van der Waals surface area contributed by atoms with E-state index in [4.69, 9.17) is 9.26 Å². The van der Waals surface area contributed by atoms with Gasteiger partial charge in [-0.3, -0.25) is 0 Å². The van der Waals surface area contributed by atoms with Crippen LogP contribution in [0.5, 0.6) is 5.75 Å². The number of benzene rings is 2. The smallest absolute Gasteiger partial charge is 0.326 e. The molecule has 2 N–H and O–H groups in total. The van der Waals surface area contributed by atoms with E-state index in [1.807, 2.05) is 13.8 Å². The first-order valence-corrected chi connectivity index (χ1v) is 11.3. The minimum Gasteiger partial charge on any atom is -0.489 e. The molecule has 0 radical (unpaired) electrons. The molecule has 0 spiro atoms. The monoisotopic (exact) mass is 455 g/mol. The summed E-state index contributed by atoms with van der Waals surface area (Å²) in [4.78, 5) is 11.9. The molecule has 0 saturated carbocycles. The first-order chi connectivity index (χ1) is 15.2. The molecule has 2 heterocycles. The number of carboxylic acid groups (broad SMARTS) is 1. The molecule has 9 nitrogen and oxygen atoms in total. The second-order valence-corrected chi connectivity index (χ2v) is 8.96. The quantitative estimate of drug-likeness (QED) is 0.556. The average Bonchev–Trinajstić information content (AvgIpc) is 3.22. The summed E-state index contributed by atoms with van der Waals surface area (Å²) in [5.41, 5.74) is 2.76. The van der Waals surface area contributed by atoms with Crippen LogP contribution in [0.25, 0.3) is 0 Å². The number of aliphatic carboxylic acids is 1. The molecular weight excluding hydrogens is 434 g/mol. The fourth-order valence-electron chi connectivity index (χ4n) is 3.40. The van der Waals surface area contributed by atoms with Crippen LogP contribution in [-0.4, -0.2) is 36.5 Å². The highest BCUT2D eigenvalue weighted by Crippen LogP contribution is 2.25. The van der Waals surface area contributed by atoms with Crippen molar-refractivity contribution in [2.45, 2.75) is 37.8 Å². The maximum absolute atomic E-state index is 12.2. The van der Waals surface area contributed by atoms with Crippen molar-refractivity contribution in [1.82, 2.24) is 10.5 Å². The minimum atomic E-state index is -3.83. The predicted octanol–water partition coefficient (Wildman–Crippen LogP) is 2.60. The summed E-state index contributed by atoms with van der Waals surface area (Å²) in [5.74, 6) is 0.238. The van der Waals surface area contributed by atoms with E-state index in [2.05, 4.69) is 14.9 Å². The lowest BCUT2D eigenvalue weighted by atomic mass is 10.0. The summed E-state index contributed by atoms with van der Waals surface area (Å²) in [6.07, 6.45) is 0.126. The molecule has 32 heavy (non-hydrogen) atoms. The van der Waals surface area contributed by atoms with Gasteiger partial charge in [0.15, 0.2) is 0 Å². The summed E-state index contributed by atoms with van der Waals surface area (Å²) in [6.45, 7) is 3.97. The van der Waals surface area contributed by atoms with Crippen LogP contribution in [0, 0.1) is 13.8 Å². The number of fused-ring (bicyclic) bond motifs is 1. The van der Waals surface area contributed by atoms with Crippen molar-refractivity contribution >= 4 is 21.8 Å². The van der Waals surface area contributed by atoms with Crippen LogP contribution in [0.2, 0.25) is 0 Å². The van der Waals surface area contributed by atoms with E-state index >= 15 is 0 Å². The number of aryl methyl sites for hydroxylation is 2. The van der Waals surface area contributed by atoms with Gasteiger partial charge in [0.05, 0.1) is 11.3 Å². The lowest BCUT2D eigenvalue weighted by Gasteiger charge is -2.16. The van der Waals surface area contributed by atoms with Gasteiger partial charge in [-0.15, -0.1) is 4.40 Å². The number of nitrogens with one attached hydrogen (secondary N) is 1. The molecule has 10 heteroatoms. The molecule has 0 fully saturated rings. The van der Waals surface area contributed by atoms with Crippen LogP contribution in [0.15, 0.2) is 62.3 Å². The van der Waals surface area contributed by atoms with E-state index < -0.39 is 22.0 Å². The Labute approximate surface area is 184 Å². The molecule has 166 valence electrons. The van der Waals surface area contributed by atoms with Gasteiger partial charge in [0.2, 0.25) is 0 Å². The van der Waals surface area contributed by atoms with Gasteiger partial charge < -0.3 is 19.7 Å². The first kappa shape index (κ1) is 21.6. The zero-order valence-corrected chi connectivity index (χ0v) is 18.2. The normalized spacial score (nSPS) is 15.0. The maximum atomic E-state index is 12.2. The van der Waals surface area contributed by atoms with Crippen LogP contribution in [0.1, 0.15) is 28.1 Å². The molecule has 0 unspecified atom stereocenters. The highest BCUT2D eigenvalue weighted by Gasteiger charge is 2.31. The Morgan fingerprint density at radius 3 is 2.53 bits per heavy atom. The molecule has 0 bridgehead atoms. The SMILES string of the molecule is Cc1noc(C)c1COc1ccc(C[C@H](NC2=NS(=O)(=O)c3ccccc32)C(=O)O)cc1. The number of rotatable bonds is 7. The maximum Gasteiger partial charge on any atom is 0.326 e. The number of carbonyl (C=O) groups is 1. The Bertz CT molecular complexity index is 1280. The topological polar surface area (TPSA) is 131 Å². The molecule has 2 aromatic carbocycles. The molecule has 0 amide bonds. The van der Waals surface area contributed by atoms with Gasteiger partial charge in [-0.2, -0.15) is 8.42 Å². The number of hydrogen-bond donors (Lipinski definition) is 2. The summed E-state index contributed by atoms with van der Waals surface area (Å²) in [5, 5.41) is 16.3. The predicted molar refractivity (Wildman–Crippen MR) is 115 cm³/mol. The van der Waals surface area contributed by atoms with Gasteiger partial charge in [-0.1, -0.05) is 29.4 Å². The number of hydrogen-bond acceptors (Lipinski definition) is 7. The van der Waals surface area contributed by atoms with Gasteiger partial charge >= 0.3 is 5.97 Å². The summed E-state index contributed by atoms with van der Waals surface area (Å²) >= 11 is 0. The van der Waals surface area contributed by atoms with Crippen molar-refractivity contribution in [2.75, 3.05) is 0 Å². The molecule has 1 aliphatic rings. The van der Waals surface area contributed by atoms with E-state index in [9.17, 15) is 18.3 Å². The number of sulfonamides is 1. The third-order valence-electron chi connectivity index (χ3n) is 5.17. The second kappa shape index (κ2) is 8.46. The van der Waals surface area contributed by atoms with Gasteiger partial charge in [-0.25, -0.2) is 4.79 Å². The lowest BCUT2D eigenvalue weighted by molar-refractivity contribution is -0.139. The average molecular weight is 455 g/mol. The third kappa shape index (κ3) is 4.35. The lowest BCUT2D eigenvalue weighted by Crippen LogP contribution is -2.42. The van der Waals surface area contributed by atoms with E-state index in [1.165, 1.54) is 6.07 Å². The molecule has 3 aromatic rings. The summed E-state index contributed by atoms with van der Waals surface area (Å²) < 4.78 is 39.0. The van der Waals surface area contributed by atoms with Crippen molar-refractivity contribution in [1.29, 1.82) is 0 Å². The first-order valence-electron chi connectivity index (χ1n) is 9.82. The molecule has 4 rings (SSSR count). The highest BCUT2D eigenvalue weighted by atomic mass is 32.2. The Hall–Kier alpha value is -3.66. The molecule has 0 aliphatic carbocycles. The zero-order chi connectivity index (χ0) is 22.9. The second-order valence-electron chi connectivity index (χ2n) is 7.39. The van der Waals surface area contributed by atoms with Crippen molar-refractivity contribution in [3.8, 4) is 5.75 Å². The molecular formula is C22H21N3O6S. The van der Waals surface area contributed by atoms with Crippen LogP contribution in [0.4, 0.5) is 0 Å². The number of aromatic nitrogens is 1. The van der Waals surface area contributed by atoms with Gasteiger partial charge in [0.1, 0.15) is 34.9 Å². The Balaban J connectivity index is 1.44. The molecule has 0 saturated heterocycles. The van der Waals surface area contributed by atoms with Crippen LogP contribution >= 0.6 is 0 Å². The van der Waals surface area contributed by atoms with Crippen LogP contribution < -0.4 is 10.1 Å². The largest absolute Gasteiger partial charge is 0.489 e. The number of carboxylic acids is 1. The Kier molecular flexibility index (Phi) is 5.70. The van der Waals surface area contributed by atoms with Crippen molar-refractivity contribution in [3.63, 3.8) is 0 Å². The highest BCUT2D eigenvalue weighted by molar-refractivity contribution is 7.90. The summed E-state index contributed by atoms with van der Waals surface area (Å²) in [6, 6.07) is 12.3.